The molecular weight excluding hydrogens is 276 g/mol. The molecule has 0 bridgehead atoms. The van der Waals surface area contributed by atoms with Crippen LogP contribution in [0.1, 0.15) is 25.3 Å². The number of ether oxygens (including phenoxy) is 1. The maximum Gasteiger partial charge on any atom is 0.240 e. The van der Waals surface area contributed by atoms with Gasteiger partial charge < -0.3 is 10.5 Å². The Morgan fingerprint density at radius 1 is 1.30 bits per heavy atom. The van der Waals surface area contributed by atoms with Crippen molar-refractivity contribution >= 4 is 10.0 Å². The average Bonchev–Trinajstić information content (AvgIpc) is 2.48. The van der Waals surface area contributed by atoms with Crippen LogP contribution in [0.4, 0.5) is 0 Å². The zero-order valence-corrected chi connectivity index (χ0v) is 12.5. The van der Waals surface area contributed by atoms with E-state index in [1.807, 2.05) is 6.92 Å². The zero-order chi connectivity index (χ0) is 14.6. The summed E-state index contributed by atoms with van der Waals surface area (Å²) in [7, 11) is -3.47. The minimum absolute atomic E-state index is 0.0851. The molecule has 1 aliphatic heterocycles. The number of nitrogens with two attached hydrogens (primary N) is 1. The van der Waals surface area contributed by atoms with E-state index in [1.54, 1.807) is 24.3 Å². The van der Waals surface area contributed by atoms with E-state index in [2.05, 4.69) is 4.72 Å². The van der Waals surface area contributed by atoms with Gasteiger partial charge in [0.25, 0.3) is 0 Å². The fraction of sp³-hybridized carbons (Fsp3) is 0.571. The Kier molecular flexibility index (Phi) is 5.15. The number of hydrogen-bond donors (Lipinski definition) is 2. The summed E-state index contributed by atoms with van der Waals surface area (Å²) in [6, 6.07) is 6.60. The van der Waals surface area contributed by atoms with Crippen LogP contribution in [-0.2, 0) is 21.3 Å². The molecule has 0 spiro atoms. The van der Waals surface area contributed by atoms with Crippen LogP contribution in [0, 0.1) is 5.92 Å². The van der Waals surface area contributed by atoms with Crippen molar-refractivity contribution in [2.45, 2.75) is 37.2 Å². The second-order valence-corrected chi connectivity index (χ2v) is 6.92. The smallest absolute Gasteiger partial charge is 0.240 e. The van der Waals surface area contributed by atoms with Gasteiger partial charge in [-0.2, -0.15) is 0 Å². The van der Waals surface area contributed by atoms with Gasteiger partial charge in [0.15, 0.2) is 0 Å². The normalized spacial score (nSPS) is 18.9. The van der Waals surface area contributed by atoms with Gasteiger partial charge in [0, 0.05) is 25.8 Å². The average molecular weight is 298 g/mol. The lowest BCUT2D eigenvalue weighted by Gasteiger charge is -2.28. The predicted octanol–water partition coefficient (Wildman–Crippen LogP) is 1.24. The van der Waals surface area contributed by atoms with E-state index in [0.29, 0.717) is 25.7 Å². The monoisotopic (exact) mass is 298 g/mol. The van der Waals surface area contributed by atoms with Crippen molar-refractivity contribution in [2.75, 3.05) is 13.2 Å². The molecule has 1 saturated heterocycles. The third kappa shape index (κ3) is 3.79. The quantitative estimate of drug-likeness (QED) is 0.857. The maximum absolute atomic E-state index is 12.3. The van der Waals surface area contributed by atoms with Crippen LogP contribution in [0.2, 0.25) is 0 Å². The predicted molar refractivity (Wildman–Crippen MR) is 77.7 cm³/mol. The van der Waals surface area contributed by atoms with E-state index in [0.717, 1.165) is 18.4 Å². The Morgan fingerprint density at radius 2 is 1.90 bits per heavy atom. The third-order valence-corrected chi connectivity index (χ3v) is 5.36. The topological polar surface area (TPSA) is 81.4 Å². The highest BCUT2D eigenvalue weighted by Crippen LogP contribution is 2.20. The SMILES string of the molecule is CC(NS(=O)(=O)c1ccc(CN)cc1)C1CCOCC1. The highest BCUT2D eigenvalue weighted by Gasteiger charge is 2.25. The lowest BCUT2D eigenvalue weighted by molar-refractivity contribution is 0.0585. The van der Waals surface area contributed by atoms with Gasteiger partial charge in [-0.25, -0.2) is 13.1 Å². The summed E-state index contributed by atoms with van der Waals surface area (Å²) < 4.78 is 32.7. The van der Waals surface area contributed by atoms with Crippen LogP contribution < -0.4 is 10.5 Å². The minimum atomic E-state index is -3.47. The summed E-state index contributed by atoms with van der Waals surface area (Å²) in [5, 5.41) is 0. The third-order valence-electron chi connectivity index (χ3n) is 3.78. The van der Waals surface area contributed by atoms with E-state index in [9.17, 15) is 8.42 Å². The van der Waals surface area contributed by atoms with E-state index in [-0.39, 0.29) is 10.9 Å². The van der Waals surface area contributed by atoms with Gasteiger partial charge in [0.1, 0.15) is 0 Å². The molecule has 2 rings (SSSR count). The van der Waals surface area contributed by atoms with Crippen LogP contribution in [0.15, 0.2) is 29.2 Å². The molecule has 1 heterocycles. The second kappa shape index (κ2) is 6.67. The van der Waals surface area contributed by atoms with Crippen molar-refractivity contribution in [2.24, 2.45) is 11.7 Å². The molecule has 0 aromatic heterocycles. The van der Waals surface area contributed by atoms with Crippen LogP contribution in [-0.4, -0.2) is 27.7 Å². The van der Waals surface area contributed by atoms with Crippen LogP contribution >= 0.6 is 0 Å². The van der Waals surface area contributed by atoms with Gasteiger partial charge in [-0.1, -0.05) is 12.1 Å². The van der Waals surface area contributed by atoms with Gasteiger partial charge >= 0.3 is 0 Å². The highest BCUT2D eigenvalue weighted by molar-refractivity contribution is 7.89. The number of sulfonamides is 1. The summed E-state index contributed by atoms with van der Waals surface area (Å²) in [5.74, 6) is 0.335. The fourth-order valence-corrected chi connectivity index (χ4v) is 3.74. The van der Waals surface area contributed by atoms with Crippen molar-refractivity contribution in [3.63, 3.8) is 0 Å². The first kappa shape index (κ1) is 15.4. The van der Waals surface area contributed by atoms with E-state index in [4.69, 9.17) is 10.5 Å². The molecule has 3 N–H and O–H groups in total. The molecule has 1 fully saturated rings. The van der Waals surface area contributed by atoms with Crippen molar-refractivity contribution in [1.29, 1.82) is 0 Å². The van der Waals surface area contributed by atoms with Crippen molar-refractivity contribution < 1.29 is 13.2 Å². The molecule has 0 radical (unpaired) electrons. The number of rotatable bonds is 5. The summed E-state index contributed by atoms with van der Waals surface area (Å²) in [6.07, 6.45) is 1.80. The molecule has 1 aliphatic rings. The largest absolute Gasteiger partial charge is 0.381 e. The molecule has 0 saturated carbocycles. The van der Waals surface area contributed by atoms with Gasteiger partial charge in [-0.05, 0) is 43.4 Å². The second-order valence-electron chi connectivity index (χ2n) is 5.21. The van der Waals surface area contributed by atoms with Crippen molar-refractivity contribution in [3.05, 3.63) is 29.8 Å². The first-order valence-corrected chi connectivity index (χ1v) is 8.40. The first-order valence-electron chi connectivity index (χ1n) is 6.92. The standard InChI is InChI=1S/C14H22N2O3S/c1-11(13-6-8-19-9-7-13)16-20(17,18)14-4-2-12(10-15)3-5-14/h2-5,11,13,16H,6-10,15H2,1H3. The summed E-state index contributed by atoms with van der Waals surface area (Å²) in [6.45, 7) is 3.75. The Hall–Kier alpha value is -0.950. The van der Waals surface area contributed by atoms with E-state index in [1.165, 1.54) is 0 Å². The fourth-order valence-electron chi connectivity index (χ4n) is 2.43. The molecule has 112 valence electrons. The lowest BCUT2D eigenvalue weighted by Crippen LogP contribution is -2.40. The molecule has 0 amide bonds. The van der Waals surface area contributed by atoms with Crippen molar-refractivity contribution in [3.8, 4) is 0 Å². The maximum atomic E-state index is 12.3. The van der Waals surface area contributed by atoms with E-state index < -0.39 is 10.0 Å². The molecule has 1 aromatic rings. The van der Waals surface area contributed by atoms with Crippen LogP contribution in [0.25, 0.3) is 0 Å². The zero-order valence-electron chi connectivity index (χ0n) is 11.7. The first-order chi connectivity index (χ1) is 9.53. The highest BCUT2D eigenvalue weighted by atomic mass is 32.2. The minimum Gasteiger partial charge on any atom is -0.381 e. The van der Waals surface area contributed by atoms with E-state index >= 15 is 0 Å². The Balaban J connectivity index is 2.05. The summed E-state index contributed by atoms with van der Waals surface area (Å²) in [5.41, 5.74) is 6.43. The molecule has 6 heteroatoms. The summed E-state index contributed by atoms with van der Waals surface area (Å²) in [4.78, 5) is 0.286. The molecule has 1 unspecified atom stereocenters. The van der Waals surface area contributed by atoms with Crippen LogP contribution in [0.5, 0.6) is 0 Å². The molecule has 5 nitrogen and oxygen atoms in total. The Bertz CT molecular complexity index is 522. The molecule has 1 atom stereocenters. The molecule has 0 aliphatic carbocycles. The number of nitrogens with one attached hydrogen (secondary N) is 1. The molecule has 20 heavy (non-hydrogen) atoms. The lowest BCUT2D eigenvalue weighted by atomic mass is 9.94. The molecular formula is C14H22N2O3S. The Labute approximate surface area is 120 Å². The van der Waals surface area contributed by atoms with Gasteiger partial charge in [-0.3, -0.25) is 0 Å². The van der Waals surface area contributed by atoms with Gasteiger partial charge in [0.05, 0.1) is 4.90 Å². The number of hydrogen-bond acceptors (Lipinski definition) is 4. The number of benzene rings is 1. The van der Waals surface area contributed by atoms with Gasteiger partial charge in [0.2, 0.25) is 10.0 Å². The summed E-state index contributed by atoms with van der Waals surface area (Å²) >= 11 is 0. The Morgan fingerprint density at radius 3 is 2.45 bits per heavy atom. The molecule has 1 aromatic carbocycles. The van der Waals surface area contributed by atoms with Gasteiger partial charge in [-0.15, -0.1) is 0 Å². The van der Waals surface area contributed by atoms with Crippen LogP contribution in [0.3, 0.4) is 0 Å². The van der Waals surface area contributed by atoms with Crippen molar-refractivity contribution in [1.82, 2.24) is 4.72 Å².